The Hall–Kier alpha value is -2.49. The fourth-order valence-corrected chi connectivity index (χ4v) is 2.88. The predicted molar refractivity (Wildman–Crippen MR) is 125 cm³/mol. The van der Waals surface area contributed by atoms with Crippen molar-refractivity contribution < 1.29 is 14.3 Å². The van der Waals surface area contributed by atoms with Crippen LogP contribution in [0.5, 0.6) is 11.5 Å². The molecular formula is C21H27IN4O3. The molecule has 2 aromatic carbocycles. The summed E-state index contributed by atoms with van der Waals surface area (Å²) in [6.07, 6.45) is 0.846. The van der Waals surface area contributed by atoms with E-state index in [1.165, 1.54) is 12.5 Å². The summed E-state index contributed by atoms with van der Waals surface area (Å²) in [5.74, 6) is 2.28. The quantitative estimate of drug-likeness (QED) is 0.303. The van der Waals surface area contributed by atoms with Crippen molar-refractivity contribution in [2.75, 3.05) is 25.2 Å². The molecule has 8 heteroatoms. The lowest BCUT2D eigenvalue weighted by Gasteiger charge is -2.12. The summed E-state index contributed by atoms with van der Waals surface area (Å²) >= 11 is 0. The minimum absolute atomic E-state index is 0. The van der Waals surface area contributed by atoms with Crippen LogP contribution in [0.25, 0.3) is 0 Å². The molecule has 1 aliphatic rings. The smallest absolute Gasteiger partial charge is 0.231 e. The number of hydrogen-bond donors (Lipinski definition) is 3. The van der Waals surface area contributed by atoms with Crippen molar-refractivity contribution in [1.82, 2.24) is 10.6 Å². The average molecular weight is 510 g/mol. The number of anilines is 1. The van der Waals surface area contributed by atoms with E-state index in [2.05, 4.69) is 20.9 Å². The lowest BCUT2D eigenvalue weighted by molar-refractivity contribution is -0.114. The fourth-order valence-electron chi connectivity index (χ4n) is 2.88. The van der Waals surface area contributed by atoms with Gasteiger partial charge in [-0.3, -0.25) is 4.79 Å². The van der Waals surface area contributed by atoms with Gasteiger partial charge in [-0.2, -0.15) is 0 Å². The number of fused-ring (bicyclic) bond motifs is 1. The van der Waals surface area contributed by atoms with Crippen molar-refractivity contribution in [2.24, 2.45) is 4.99 Å². The number of carbonyl (C=O) groups is 1. The minimum atomic E-state index is -0.0841. The van der Waals surface area contributed by atoms with Crippen molar-refractivity contribution in [3.8, 4) is 11.5 Å². The van der Waals surface area contributed by atoms with Gasteiger partial charge in [-0.05, 0) is 48.7 Å². The summed E-state index contributed by atoms with van der Waals surface area (Å²) < 4.78 is 10.8. The van der Waals surface area contributed by atoms with Crippen LogP contribution in [0.15, 0.2) is 47.5 Å². The minimum Gasteiger partial charge on any atom is -0.454 e. The summed E-state index contributed by atoms with van der Waals surface area (Å²) in [6.45, 7) is 5.87. The number of benzene rings is 2. The highest BCUT2D eigenvalue weighted by Crippen LogP contribution is 2.32. The Kier molecular flexibility index (Phi) is 9.04. The van der Waals surface area contributed by atoms with Crippen LogP contribution < -0.4 is 25.4 Å². The lowest BCUT2D eigenvalue weighted by atomic mass is 10.1. The van der Waals surface area contributed by atoms with Gasteiger partial charge in [-0.15, -0.1) is 24.0 Å². The van der Waals surface area contributed by atoms with Crippen molar-refractivity contribution in [3.63, 3.8) is 0 Å². The molecule has 0 aliphatic carbocycles. The van der Waals surface area contributed by atoms with Gasteiger partial charge in [0, 0.05) is 25.7 Å². The van der Waals surface area contributed by atoms with Gasteiger partial charge in [-0.25, -0.2) is 4.99 Å². The molecule has 3 rings (SSSR count). The normalized spacial score (nSPS) is 12.1. The van der Waals surface area contributed by atoms with E-state index in [4.69, 9.17) is 9.47 Å². The third-order valence-corrected chi connectivity index (χ3v) is 4.15. The largest absolute Gasteiger partial charge is 0.454 e. The summed E-state index contributed by atoms with van der Waals surface area (Å²) in [4.78, 5) is 15.8. The molecule has 2 aromatic rings. The van der Waals surface area contributed by atoms with E-state index in [1.807, 2.05) is 49.4 Å². The zero-order chi connectivity index (χ0) is 19.8. The number of carbonyl (C=O) groups excluding carboxylic acids is 1. The van der Waals surface area contributed by atoms with Gasteiger partial charge in [0.05, 0.1) is 6.54 Å². The number of halogens is 1. The molecule has 0 fully saturated rings. The number of hydrogen-bond acceptors (Lipinski definition) is 4. The SMILES string of the molecule is CCNC(=NCc1cccc(NC(C)=O)c1)NCCc1ccc2c(c1)OCO2.I. The highest BCUT2D eigenvalue weighted by atomic mass is 127. The van der Waals surface area contributed by atoms with Crippen molar-refractivity contribution >= 4 is 41.5 Å². The van der Waals surface area contributed by atoms with Crippen molar-refractivity contribution in [1.29, 1.82) is 0 Å². The molecule has 1 aliphatic heterocycles. The highest BCUT2D eigenvalue weighted by molar-refractivity contribution is 14.0. The summed E-state index contributed by atoms with van der Waals surface area (Å²) in [7, 11) is 0. The standard InChI is InChI=1S/C21H26N4O3.HI/c1-3-22-21(24-13-17-5-4-6-18(11-17)25-15(2)26)23-10-9-16-7-8-19-20(12-16)28-14-27-19;/h4-8,11-12H,3,9-10,13-14H2,1-2H3,(H,25,26)(H2,22,23,24);1H. The molecule has 1 heterocycles. The third kappa shape index (κ3) is 7.12. The summed E-state index contributed by atoms with van der Waals surface area (Å²) in [5.41, 5.74) is 2.98. The Bertz CT molecular complexity index is 858. The monoisotopic (exact) mass is 510 g/mol. The van der Waals surface area contributed by atoms with Crippen LogP contribution in [0.4, 0.5) is 5.69 Å². The Morgan fingerprint density at radius 3 is 2.69 bits per heavy atom. The van der Waals surface area contributed by atoms with E-state index in [9.17, 15) is 4.79 Å². The number of aliphatic imine (C=N–C) groups is 1. The summed E-state index contributed by atoms with van der Waals surface area (Å²) in [6, 6.07) is 13.7. The van der Waals surface area contributed by atoms with Crippen molar-refractivity contribution in [3.05, 3.63) is 53.6 Å². The highest BCUT2D eigenvalue weighted by Gasteiger charge is 2.12. The van der Waals surface area contributed by atoms with Crippen LogP contribution >= 0.6 is 24.0 Å². The number of nitrogens with zero attached hydrogens (tertiary/aromatic N) is 1. The maximum atomic E-state index is 11.2. The molecule has 156 valence electrons. The van der Waals surface area contributed by atoms with Gasteiger partial charge in [0.2, 0.25) is 12.7 Å². The lowest BCUT2D eigenvalue weighted by Crippen LogP contribution is -2.38. The van der Waals surface area contributed by atoms with Crippen LogP contribution in [0.3, 0.4) is 0 Å². The first-order valence-corrected chi connectivity index (χ1v) is 9.41. The zero-order valence-electron chi connectivity index (χ0n) is 16.7. The van der Waals surface area contributed by atoms with Gasteiger partial charge in [0.15, 0.2) is 17.5 Å². The van der Waals surface area contributed by atoms with Crippen LogP contribution in [-0.2, 0) is 17.8 Å². The number of rotatable bonds is 7. The van der Waals surface area contributed by atoms with Gasteiger partial charge >= 0.3 is 0 Å². The number of nitrogens with one attached hydrogen (secondary N) is 3. The number of ether oxygens (including phenoxy) is 2. The molecule has 1 amide bonds. The Labute approximate surface area is 188 Å². The summed E-state index contributed by atoms with van der Waals surface area (Å²) in [5, 5.41) is 9.39. The second-order valence-corrected chi connectivity index (χ2v) is 6.44. The van der Waals surface area contributed by atoms with E-state index in [1.54, 1.807) is 0 Å². The first-order chi connectivity index (χ1) is 13.6. The van der Waals surface area contributed by atoms with E-state index >= 15 is 0 Å². The van der Waals surface area contributed by atoms with Gasteiger partial charge in [0.1, 0.15) is 0 Å². The molecule has 0 bridgehead atoms. The second-order valence-electron chi connectivity index (χ2n) is 6.44. The Balaban J connectivity index is 0.00000300. The Morgan fingerprint density at radius 2 is 1.90 bits per heavy atom. The van der Waals surface area contributed by atoms with Crippen LogP contribution in [0.2, 0.25) is 0 Å². The molecule has 0 aromatic heterocycles. The van der Waals surface area contributed by atoms with Crippen LogP contribution in [-0.4, -0.2) is 31.7 Å². The topological polar surface area (TPSA) is 84.0 Å². The first kappa shape index (κ1) is 22.8. The molecule has 29 heavy (non-hydrogen) atoms. The van der Waals surface area contributed by atoms with Gasteiger partial charge < -0.3 is 25.4 Å². The molecule has 0 saturated carbocycles. The zero-order valence-corrected chi connectivity index (χ0v) is 19.0. The van der Waals surface area contributed by atoms with Crippen molar-refractivity contribution in [2.45, 2.75) is 26.8 Å². The third-order valence-electron chi connectivity index (χ3n) is 4.15. The van der Waals surface area contributed by atoms with E-state index in [0.29, 0.717) is 6.54 Å². The molecular weight excluding hydrogens is 483 g/mol. The Morgan fingerprint density at radius 1 is 1.07 bits per heavy atom. The number of guanidine groups is 1. The maximum absolute atomic E-state index is 11.2. The molecule has 7 nitrogen and oxygen atoms in total. The van der Waals surface area contributed by atoms with E-state index < -0.39 is 0 Å². The maximum Gasteiger partial charge on any atom is 0.231 e. The predicted octanol–water partition coefficient (Wildman–Crippen LogP) is 3.29. The fraction of sp³-hybridized carbons (Fsp3) is 0.333. The van der Waals surface area contributed by atoms with E-state index in [-0.39, 0.29) is 36.7 Å². The molecule has 0 atom stereocenters. The van der Waals surface area contributed by atoms with Gasteiger partial charge in [0.25, 0.3) is 0 Å². The van der Waals surface area contributed by atoms with E-state index in [0.717, 1.165) is 48.2 Å². The molecule has 0 radical (unpaired) electrons. The second kappa shape index (κ2) is 11.5. The first-order valence-electron chi connectivity index (χ1n) is 9.41. The molecule has 0 unspecified atom stereocenters. The van der Waals surface area contributed by atoms with Crippen LogP contribution in [0, 0.1) is 0 Å². The number of amides is 1. The molecule has 0 spiro atoms. The average Bonchev–Trinajstić information content (AvgIpc) is 3.14. The molecule has 0 saturated heterocycles. The van der Waals surface area contributed by atoms with Crippen LogP contribution in [0.1, 0.15) is 25.0 Å². The molecule has 3 N–H and O–H groups in total. The van der Waals surface area contributed by atoms with Gasteiger partial charge in [-0.1, -0.05) is 18.2 Å².